The Morgan fingerprint density at radius 2 is 1.92 bits per heavy atom. The number of fused-ring (bicyclic) bond motifs is 1. The molecule has 4 nitrogen and oxygen atoms in total. The Balaban J connectivity index is 1.71. The molecule has 0 spiro atoms. The standard InChI is InChI=1S/C19H17FN2O2S/c1-22(2)19(24)13-5-3-4-12(8-13)11-21-18(23)17-10-14-9-15(20)6-7-16(14)25-17/h3-10H,11H2,1-2H3,(H,21,23). The van der Waals surface area contributed by atoms with Crippen LogP contribution in [-0.4, -0.2) is 30.8 Å². The summed E-state index contributed by atoms with van der Waals surface area (Å²) in [6, 6.07) is 13.3. The molecule has 3 rings (SSSR count). The van der Waals surface area contributed by atoms with Gasteiger partial charge in [-0.05, 0) is 47.3 Å². The van der Waals surface area contributed by atoms with Crippen molar-refractivity contribution in [2.75, 3.05) is 14.1 Å². The number of carbonyl (C=O) groups is 2. The van der Waals surface area contributed by atoms with Gasteiger partial charge in [0.15, 0.2) is 0 Å². The largest absolute Gasteiger partial charge is 0.347 e. The Kier molecular flexibility index (Phi) is 4.81. The topological polar surface area (TPSA) is 49.4 Å². The van der Waals surface area contributed by atoms with Gasteiger partial charge >= 0.3 is 0 Å². The van der Waals surface area contributed by atoms with Crippen molar-refractivity contribution in [2.45, 2.75) is 6.54 Å². The van der Waals surface area contributed by atoms with Gasteiger partial charge in [-0.1, -0.05) is 12.1 Å². The molecular formula is C19H17FN2O2S. The van der Waals surface area contributed by atoms with Crippen LogP contribution < -0.4 is 5.32 Å². The van der Waals surface area contributed by atoms with E-state index in [0.717, 1.165) is 10.3 Å². The van der Waals surface area contributed by atoms with Crippen molar-refractivity contribution in [1.29, 1.82) is 0 Å². The highest BCUT2D eigenvalue weighted by atomic mass is 32.1. The van der Waals surface area contributed by atoms with Crippen LogP contribution in [0.3, 0.4) is 0 Å². The first kappa shape index (κ1) is 17.1. The number of carbonyl (C=O) groups excluding carboxylic acids is 2. The third-order valence-corrected chi connectivity index (χ3v) is 4.85. The van der Waals surface area contributed by atoms with Crippen LogP contribution in [0.15, 0.2) is 48.5 Å². The molecular weight excluding hydrogens is 339 g/mol. The quantitative estimate of drug-likeness (QED) is 0.775. The van der Waals surface area contributed by atoms with Crippen molar-refractivity contribution in [3.8, 4) is 0 Å². The molecule has 0 saturated carbocycles. The predicted molar refractivity (Wildman–Crippen MR) is 97.4 cm³/mol. The lowest BCUT2D eigenvalue weighted by Gasteiger charge is -2.11. The number of nitrogens with one attached hydrogen (secondary N) is 1. The maximum absolute atomic E-state index is 13.2. The van der Waals surface area contributed by atoms with E-state index in [0.29, 0.717) is 22.4 Å². The Bertz CT molecular complexity index is 950. The van der Waals surface area contributed by atoms with Crippen molar-refractivity contribution >= 4 is 33.2 Å². The van der Waals surface area contributed by atoms with E-state index in [4.69, 9.17) is 0 Å². The van der Waals surface area contributed by atoms with Crippen molar-refractivity contribution in [3.63, 3.8) is 0 Å². The SMILES string of the molecule is CN(C)C(=O)c1cccc(CNC(=O)c2cc3cc(F)ccc3s2)c1. The molecule has 3 aromatic rings. The van der Waals surface area contributed by atoms with Crippen molar-refractivity contribution in [1.82, 2.24) is 10.2 Å². The van der Waals surface area contributed by atoms with Crippen molar-refractivity contribution in [2.24, 2.45) is 0 Å². The molecule has 0 aliphatic carbocycles. The fourth-order valence-electron chi connectivity index (χ4n) is 2.47. The zero-order valence-corrected chi connectivity index (χ0v) is 14.7. The van der Waals surface area contributed by atoms with E-state index in [1.165, 1.54) is 28.4 Å². The average molecular weight is 356 g/mol. The number of hydrogen-bond donors (Lipinski definition) is 1. The van der Waals surface area contributed by atoms with Crippen LogP contribution in [0, 0.1) is 5.82 Å². The molecule has 0 unspecified atom stereocenters. The molecule has 25 heavy (non-hydrogen) atoms. The molecule has 0 saturated heterocycles. The van der Waals surface area contributed by atoms with E-state index in [1.807, 2.05) is 6.07 Å². The number of thiophene rings is 1. The van der Waals surface area contributed by atoms with Crippen LogP contribution in [0.5, 0.6) is 0 Å². The molecule has 0 bridgehead atoms. The fourth-order valence-corrected chi connectivity index (χ4v) is 3.43. The first-order chi connectivity index (χ1) is 11.9. The summed E-state index contributed by atoms with van der Waals surface area (Å²) in [5, 5.41) is 3.56. The van der Waals surface area contributed by atoms with E-state index in [1.54, 1.807) is 44.4 Å². The number of halogens is 1. The molecule has 0 atom stereocenters. The minimum Gasteiger partial charge on any atom is -0.347 e. The number of nitrogens with zero attached hydrogens (tertiary/aromatic N) is 1. The highest BCUT2D eigenvalue weighted by Crippen LogP contribution is 2.26. The molecule has 0 aliphatic rings. The smallest absolute Gasteiger partial charge is 0.261 e. The monoisotopic (exact) mass is 356 g/mol. The van der Waals surface area contributed by atoms with Gasteiger partial charge in [0.2, 0.25) is 0 Å². The molecule has 6 heteroatoms. The van der Waals surface area contributed by atoms with Gasteiger partial charge in [0.1, 0.15) is 5.82 Å². The Hall–Kier alpha value is -2.73. The van der Waals surface area contributed by atoms with Crippen LogP contribution in [-0.2, 0) is 6.54 Å². The Morgan fingerprint density at radius 1 is 1.12 bits per heavy atom. The summed E-state index contributed by atoms with van der Waals surface area (Å²) >= 11 is 1.32. The van der Waals surface area contributed by atoms with Gasteiger partial charge < -0.3 is 10.2 Å². The minimum absolute atomic E-state index is 0.0836. The van der Waals surface area contributed by atoms with E-state index < -0.39 is 0 Å². The van der Waals surface area contributed by atoms with Crippen LogP contribution in [0.25, 0.3) is 10.1 Å². The minimum atomic E-state index is -0.320. The van der Waals surface area contributed by atoms with Crippen LogP contribution in [0.2, 0.25) is 0 Å². The fraction of sp³-hybridized carbons (Fsp3) is 0.158. The molecule has 128 valence electrons. The number of hydrogen-bond acceptors (Lipinski definition) is 3. The van der Waals surface area contributed by atoms with E-state index in [2.05, 4.69) is 5.32 Å². The molecule has 0 aliphatic heterocycles. The van der Waals surface area contributed by atoms with E-state index in [-0.39, 0.29) is 17.6 Å². The van der Waals surface area contributed by atoms with Crippen LogP contribution in [0.1, 0.15) is 25.6 Å². The zero-order chi connectivity index (χ0) is 18.0. The Labute approximate surface area is 148 Å². The zero-order valence-electron chi connectivity index (χ0n) is 13.9. The average Bonchev–Trinajstić information content (AvgIpc) is 3.02. The lowest BCUT2D eigenvalue weighted by molar-refractivity contribution is 0.0827. The van der Waals surface area contributed by atoms with E-state index >= 15 is 0 Å². The lowest BCUT2D eigenvalue weighted by Crippen LogP contribution is -2.23. The summed E-state index contributed by atoms with van der Waals surface area (Å²) in [7, 11) is 3.39. The van der Waals surface area contributed by atoms with Gasteiger partial charge in [-0.25, -0.2) is 4.39 Å². The summed E-state index contributed by atoms with van der Waals surface area (Å²) in [5.74, 6) is -0.620. The molecule has 1 heterocycles. The van der Waals surface area contributed by atoms with Crippen molar-refractivity contribution in [3.05, 3.63) is 70.4 Å². The Morgan fingerprint density at radius 3 is 2.68 bits per heavy atom. The van der Waals surface area contributed by atoms with Gasteiger partial charge in [0.25, 0.3) is 11.8 Å². The van der Waals surface area contributed by atoms with Crippen LogP contribution >= 0.6 is 11.3 Å². The first-order valence-corrected chi connectivity index (χ1v) is 8.53. The number of benzene rings is 2. The third-order valence-electron chi connectivity index (χ3n) is 3.74. The van der Waals surface area contributed by atoms with E-state index in [9.17, 15) is 14.0 Å². The summed E-state index contributed by atoms with van der Waals surface area (Å²) < 4.78 is 14.1. The molecule has 2 aromatic carbocycles. The second-order valence-corrected chi connectivity index (χ2v) is 6.96. The summed E-state index contributed by atoms with van der Waals surface area (Å²) in [4.78, 5) is 26.4. The van der Waals surface area contributed by atoms with Gasteiger partial charge in [0, 0.05) is 30.9 Å². The molecule has 2 amide bonds. The summed E-state index contributed by atoms with van der Waals surface area (Å²) in [6.45, 7) is 0.315. The third kappa shape index (κ3) is 3.85. The van der Waals surface area contributed by atoms with Crippen LogP contribution in [0.4, 0.5) is 4.39 Å². The van der Waals surface area contributed by atoms with Gasteiger partial charge in [-0.3, -0.25) is 9.59 Å². The number of rotatable bonds is 4. The highest BCUT2D eigenvalue weighted by molar-refractivity contribution is 7.20. The van der Waals surface area contributed by atoms with Crippen molar-refractivity contribution < 1.29 is 14.0 Å². The molecule has 1 N–H and O–H groups in total. The molecule has 0 radical (unpaired) electrons. The second-order valence-electron chi connectivity index (χ2n) is 5.88. The lowest BCUT2D eigenvalue weighted by atomic mass is 10.1. The maximum atomic E-state index is 13.2. The number of amides is 2. The second kappa shape index (κ2) is 7.03. The summed E-state index contributed by atoms with van der Waals surface area (Å²) in [5.41, 5.74) is 1.42. The van der Waals surface area contributed by atoms with Gasteiger partial charge in [0.05, 0.1) is 4.88 Å². The maximum Gasteiger partial charge on any atom is 0.261 e. The van der Waals surface area contributed by atoms with Gasteiger partial charge in [-0.15, -0.1) is 11.3 Å². The molecule has 1 aromatic heterocycles. The first-order valence-electron chi connectivity index (χ1n) is 7.72. The molecule has 0 fully saturated rings. The highest BCUT2D eigenvalue weighted by Gasteiger charge is 2.12. The van der Waals surface area contributed by atoms with Gasteiger partial charge in [-0.2, -0.15) is 0 Å². The summed E-state index contributed by atoms with van der Waals surface area (Å²) in [6.07, 6.45) is 0. The predicted octanol–water partition coefficient (Wildman–Crippen LogP) is 3.67. The normalized spacial score (nSPS) is 10.7.